The van der Waals surface area contributed by atoms with Crippen molar-refractivity contribution < 1.29 is 12.8 Å². The van der Waals surface area contributed by atoms with Crippen LogP contribution in [-0.4, -0.2) is 25.3 Å². The molecule has 1 unspecified atom stereocenters. The Morgan fingerprint density at radius 1 is 1.37 bits per heavy atom. The fraction of sp³-hybridized carbons (Fsp3) is 0.583. The normalized spacial score (nSPS) is 13.7. The first-order valence-electron chi connectivity index (χ1n) is 6.15. The van der Waals surface area contributed by atoms with E-state index in [-0.39, 0.29) is 22.7 Å². The van der Waals surface area contributed by atoms with Crippen molar-refractivity contribution in [2.45, 2.75) is 37.0 Å². The van der Waals surface area contributed by atoms with Crippen LogP contribution in [0.2, 0.25) is 0 Å². The second-order valence-electron chi connectivity index (χ2n) is 4.28. The third-order valence-corrected chi connectivity index (χ3v) is 4.92. The maximum absolute atomic E-state index is 13.0. The molecule has 1 atom stereocenters. The van der Waals surface area contributed by atoms with Crippen LogP contribution in [-0.2, 0) is 10.0 Å². The minimum absolute atomic E-state index is 0.118. The molecule has 0 aromatic carbocycles. The summed E-state index contributed by atoms with van der Waals surface area (Å²) in [6.45, 7) is 4.13. The van der Waals surface area contributed by atoms with Crippen LogP contribution in [0.3, 0.4) is 0 Å². The Labute approximate surface area is 118 Å². The van der Waals surface area contributed by atoms with Crippen LogP contribution < -0.4 is 4.72 Å². The van der Waals surface area contributed by atoms with Crippen molar-refractivity contribution in [3.63, 3.8) is 0 Å². The third-order valence-electron chi connectivity index (χ3n) is 3.02. The minimum atomic E-state index is -3.76. The maximum Gasteiger partial charge on any atom is 0.242 e. The van der Waals surface area contributed by atoms with Crippen LogP contribution in [0.4, 0.5) is 4.39 Å². The lowest BCUT2D eigenvalue weighted by Crippen LogP contribution is -2.33. The summed E-state index contributed by atoms with van der Waals surface area (Å²) < 4.78 is 39.2. The van der Waals surface area contributed by atoms with Crippen LogP contribution in [0.1, 0.15) is 26.7 Å². The van der Waals surface area contributed by atoms with E-state index in [0.29, 0.717) is 0 Å². The predicted octanol–water partition coefficient (Wildman–Crippen LogP) is 2.54. The summed E-state index contributed by atoms with van der Waals surface area (Å²) in [5.41, 5.74) is 0. The van der Waals surface area contributed by atoms with Crippen molar-refractivity contribution in [1.82, 2.24) is 9.71 Å². The highest BCUT2D eigenvalue weighted by Gasteiger charge is 2.20. The molecule has 1 aromatic rings. The zero-order valence-corrected chi connectivity index (χ0v) is 12.5. The Bertz CT molecular complexity index is 506. The van der Waals surface area contributed by atoms with Crippen LogP contribution >= 0.6 is 11.6 Å². The van der Waals surface area contributed by atoms with E-state index in [1.807, 2.05) is 13.8 Å². The van der Waals surface area contributed by atoms with Gasteiger partial charge >= 0.3 is 0 Å². The van der Waals surface area contributed by atoms with Gasteiger partial charge in [0.25, 0.3) is 0 Å². The molecule has 0 fully saturated rings. The first-order chi connectivity index (χ1) is 8.90. The van der Waals surface area contributed by atoms with Gasteiger partial charge in [0.2, 0.25) is 10.0 Å². The number of alkyl halides is 1. The zero-order chi connectivity index (χ0) is 14.5. The lowest BCUT2D eigenvalue weighted by atomic mass is 9.99. The molecular weight excluding hydrogens is 291 g/mol. The fourth-order valence-electron chi connectivity index (χ4n) is 1.78. The second kappa shape index (κ2) is 7.17. The van der Waals surface area contributed by atoms with Gasteiger partial charge in [0.05, 0.1) is 6.20 Å². The van der Waals surface area contributed by atoms with E-state index in [9.17, 15) is 12.8 Å². The molecule has 1 heterocycles. The van der Waals surface area contributed by atoms with Crippen LogP contribution in [0.25, 0.3) is 0 Å². The van der Waals surface area contributed by atoms with Gasteiger partial charge in [-0.05, 0) is 12.0 Å². The van der Waals surface area contributed by atoms with E-state index in [0.717, 1.165) is 31.3 Å². The molecule has 0 amide bonds. The molecule has 19 heavy (non-hydrogen) atoms. The Morgan fingerprint density at radius 3 is 2.53 bits per heavy atom. The average Bonchev–Trinajstić information content (AvgIpc) is 2.38. The smallest absolute Gasteiger partial charge is 0.242 e. The van der Waals surface area contributed by atoms with Crippen LogP contribution in [0, 0.1) is 11.7 Å². The summed E-state index contributed by atoms with van der Waals surface area (Å²) in [6.07, 6.45) is 3.82. The quantitative estimate of drug-likeness (QED) is 0.788. The van der Waals surface area contributed by atoms with Crippen molar-refractivity contribution in [2.24, 2.45) is 5.92 Å². The number of rotatable bonds is 7. The Kier molecular flexibility index (Phi) is 6.16. The first kappa shape index (κ1) is 16.3. The molecule has 1 aromatic heterocycles. The highest BCUT2D eigenvalue weighted by atomic mass is 35.5. The molecule has 0 bridgehead atoms. The first-order valence-corrected chi connectivity index (χ1v) is 8.07. The van der Waals surface area contributed by atoms with Crippen molar-refractivity contribution in [2.75, 3.05) is 6.54 Å². The largest absolute Gasteiger partial charge is 0.260 e. The molecule has 0 aliphatic rings. The van der Waals surface area contributed by atoms with E-state index < -0.39 is 15.8 Å². The van der Waals surface area contributed by atoms with E-state index in [1.165, 1.54) is 0 Å². The van der Waals surface area contributed by atoms with Gasteiger partial charge in [0, 0.05) is 18.1 Å². The van der Waals surface area contributed by atoms with Crippen molar-refractivity contribution in [3.8, 4) is 0 Å². The van der Waals surface area contributed by atoms with E-state index >= 15 is 0 Å². The summed E-state index contributed by atoms with van der Waals surface area (Å²) in [6, 6.07) is 0.926. The molecule has 108 valence electrons. The fourth-order valence-corrected chi connectivity index (χ4v) is 3.34. The minimum Gasteiger partial charge on any atom is -0.260 e. The molecule has 0 aliphatic carbocycles. The average molecular weight is 309 g/mol. The number of sulfonamides is 1. The van der Waals surface area contributed by atoms with Gasteiger partial charge in [-0.25, -0.2) is 17.5 Å². The van der Waals surface area contributed by atoms with Gasteiger partial charge in [0.15, 0.2) is 0 Å². The number of nitrogens with zero attached hydrogens (tertiary/aromatic N) is 1. The zero-order valence-electron chi connectivity index (χ0n) is 10.9. The Hall–Kier alpha value is -0.720. The number of hydrogen-bond donors (Lipinski definition) is 1. The standard InChI is InChI=1S/C12H18ClFN2O2S/c1-3-9(4-2)12(13)8-16-19(17,18)11-5-10(14)6-15-7-11/h5-7,9,12,16H,3-4,8H2,1-2H3. The van der Waals surface area contributed by atoms with Gasteiger partial charge in [0.1, 0.15) is 10.7 Å². The Morgan fingerprint density at radius 2 is 2.00 bits per heavy atom. The van der Waals surface area contributed by atoms with Gasteiger partial charge in [-0.2, -0.15) is 0 Å². The molecule has 4 nitrogen and oxygen atoms in total. The van der Waals surface area contributed by atoms with Crippen molar-refractivity contribution >= 4 is 21.6 Å². The topological polar surface area (TPSA) is 59.1 Å². The Balaban J connectivity index is 2.71. The molecule has 0 saturated carbocycles. The summed E-state index contributed by atoms with van der Waals surface area (Å²) in [5.74, 6) is -0.444. The van der Waals surface area contributed by atoms with E-state index in [4.69, 9.17) is 11.6 Å². The van der Waals surface area contributed by atoms with Crippen LogP contribution in [0.15, 0.2) is 23.4 Å². The lowest BCUT2D eigenvalue weighted by Gasteiger charge is -2.19. The molecule has 1 rings (SSSR count). The number of pyridine rings is 1. The summed E-state index contributed by atoms with van der Waals surface area (Å²) in [4.78, 5) is 3.32. The van der Waals surface area contributed by atoms with Crippen LogP contribution in [0.5, 0.6) is 0 Å². The lowest BCUT2D eigenvalue weighted by molar-refractivity contribution is 0.460. The van der Waals surface area contributed by atoms with Gasteiger partial charge in [-0.1, -0.05) is 26.7 Å². The monoisotopic (exact) mass is 308 g/mol. The second-order valence-corrected chi connectivity index (χ2v) is 6.61. The maximum atomic E-state index is 13.0. The van der Waals surface area contributed by atoms with E-state index in [2.05, 4.69) is 9.71 Å². The summed E-state index contributed by atoms with van der Waals surface area (Å²) >= 11 is 6.16. The van der Waals surface area contributed by atoms with Gasteiger partial charge < -0.3 is 0 Å². The number of aromatic nitrogens is 1. The number of nitrogens with one attached hydrogen (secondary N) is 1. The molecule has 1 N–H and O–H groups in total. The molecule has 0 aliphatic heterocycles. The number of halogens is 2. The third kappa shape index (κ3) is 4.71. The molecule has 0 saturated heterocycles. The van der Waals surface area contributed by atoms with Gasteiger partial charge in [-0.3, -0.25) is 4.98 Å². The SMILES string of the molecule is CCC(CC)C(Cl)CNS(=O)(=O)c1cncc(F)c1. The molecule has 7 heteroatoms. The predicted molar refractivity (Wildman–Crippen MR) is 73.1 cm³/mol. The molecular formula is C12H18ClFN2O2S. The van der Waals surface area contributed by atoms with Crippen molar-refractivity contribution in [1.29, 1.82) is 0 Å². The highest BCUT2D eigenvalue weighted by molar-refractivity contribution is 7.89. The number of hydrogen-bond acceptors (Lipinski definition) is 3. The van der Waals surface area contributed by atoms with Crippen molar-refractivity contribution in [3.05, 3.63) is 24.3 Å². The van der Waals surface area contributed by atoms with Gasteiger partial charge in [-0.15, -0.1) is 11.6 Å². The highest BCUT2D eigenvalue weighted by Crippen LogP contribution is 2.18. The molecule has 0 radical (unpaired) electrons. The summed E-state index contributed by atoms with van der Waals surface area (Å²) in [7, 11) is -3.76. The van der Waals surface area contributed by atoms with E-state index in [1.54, 1.807) is 0 Å². The summed E-state index contributed by atoms with van der Waals surface area (Å²) in [5, 5.41) is -0.286. The molecule has 0 spiro atoms.